The molecule has 0 radical (unpaired) electrons. The van der Waals surface area contributed by atoms with E-state index in [2.05, 4.69) is 10.1 Å². The number of halogens is 2. The summed E-state index contributed by atoms with van der Waals surface area (Å²) in [5.74, 6) is -3.43. The van der Waals surface area contributed by atoms with Gasteiger partial charge in [-0.1, -0.05) is 6.07 Å². The van der Waals surface area contributed by atoms with Crippen LogP contribution in [0.15, 0.2) is 34.7 Å². The van der Waals surface area contributed by atoms with Crippen LogP contribution in [0.5, 0.6) is 0 Å². The zero-order valence-electron chi connectivity index (χ0n) is 13.8. The Balaban J connectivity index is 1.85. The molecule has 1 aliphatic rings. The number of nitrogens with one attached hydrogen (secondary N) is 1. The first kappa shape index (κ1) is 17.6. The number of esters is 1. The number of imide groups is 1. The summed E-state index contributed by atoms with van der Waals surface area (Å²) in [7, 11) is 1.19. The number of urea groups is 1. The fourth-order valence-corrected chi connectivity index (χ4v) is 2.67. The number of benzene rings is 1. The van der Waals surface area contributed by atoms with Gasteiger partial charge in [0.2, 0.25) is 5.76 Å². The van der Waals surface area contributed by atoms with Gasteiger partial charge in [0, 0.05) is 0 Å². The van der Waals surface area contributed by atoms with Crippen LogP contribution in [0.25, 0.3) is 0 Å². The highest BCUT2D eigenvalue weighted by Gasteiger charge is 2.49. The molecule has 1 aromatic carbocycles. The Morgan fingerprint density at radius 3 is 2.62 bits per heavy atom. The maximum absolute atomic E-state index is 13.5. The lowest BCUT2D eigenvalue weighted by molar-refractivity contribution is -0.131. The number of amides is 3. The van der Waals surface area contributed by atoms with Crippen molar-refractivity contribution in [1.82, 2.24) is 10.2 Å². The van der Waals surface area contributed by atoms with Gasteiger partial charge in [-0.25, -0.2) is 18.4 Å². The minimum Gasteiger partial charge on any atom is -0.463 e. The molecule has 0 bridgehead atoms. The lowest BCUT2D eigenvalue weighted by Crippen LogP contribution is -2.41. The van der Waals surface area contributed by atoms with E-state index in [-0.39, 0.29) is 23.6 Å². The zero-order valence-corrected chi connectivity index (χ0v) is 13.8. The number of hydrogen-bond acceptors (Lipinski definition) is 5. The van der Waals surface area contributed by atoms with E-state index in [1.54, 1.807) is 0 Å². The summed E-state index contributed by atoms with van der Waals surface area (Å²) < 4.78 is 36.4. The predicted octanol–water partition coefficient (Wildman–Crippen LogP) is 2.31. The van der Waals surface area contributed by atoms with Gasteiger partial charge in [0.15, 0.2) is 11.6 Å². The summed E-state index contributed by atoms with van der Waals surface area (Å²) in [6, 6.07) is 5.03. The van der Waals surface area contributed by atoms with Gasteiger partial charge >= 0.3 is 12.0 Å². The van der Waals surface area contributed by atoms with Gasteiger partial charge in [0.25, 0.3) is 5.91 Å². The first-order valence-electron chi connectivity index (χ1n) is 7.53. The van der Waals surface area contributed by atoms with Crippen LogP contribution in [0.1, 0.15) is 28.8 Å². The predicted molar refractivity (Wildman–Crippen MR) is 82.8 cm³/mol. The van der Waals surface area contributed by atoms with Gasteiger partial charge < -0.3 is 14.5 Å². The zero-order chi connectivity index (χ0) is 19.1. The van der Waals surface area contributed by atoms with Crippen molar-refractivity contribution < 1.29 is 32.3 Å². The van der Waals surface area contributed by atoms with Gasteiger partial charge in [0.05, 0.1) is 13.7 Å². The highest BCUT2D eigenvalue weighted by Crippen LogP contribution is 2.30. The summed E-state index contributed by atoms with van der Waals surface area (Å²) in [5.41, 5.74) is -1.45. The SMILES string of the molecule is COC(=O)c1ccc(CN2C(=O)NC(C)(c3ccc(F)c(F)c3)C2=O)o1. The van der Waals surface area contributed by atoms with Gasteiger partial charge in [-0.3, -0.25) is 9.69 Å². The number of carbonyl (C=O) groups is 3. The lowest BCUT2D eigenvalue weighted by atomic mass is 9.92. The highest BCUT2D eigenvalue weighted by atomic mass is 19.2. The van der Waals surface area contributed by atoms with E-state index in [0.717, 1.165) is 17.0 Å². The molecule has 9 heteroatoms. The summed E-state index contributed by atoms with van der Waals surface area (Å²) in [6.45, 7) is 1.16. The Bertz CT molecular complexity index is 910. The molecule has 1 fully saturated rings. The largest absolute Gasteiger partial charge is 0.463 e. The smallest absolute Gasteiger partial charge is 0.373 e. The summed E-state index contributed by atoms with van der Waals surface area (Å²) in [4.78, 5) is 37.2. The van der Waals surface area contributed by atoms with Crippen molar-refractivity contribution in [3.8, 4) is 0 Å². The maximum Gasteiger partial charge on any atom is 0.373 e. The standard InChI is InChI=1S/C17H14F2N2O5/c1-17(9-3-5-11(18)12(19)7-9)15(23)21(16(24)20-17)8-10-4-6-13(26-10)14(22)25-2/h3-7H,8H2,1-2H3,(H,20,24). The summed E-state index contributed by atoms with van der Waals surface area (Å²) in [6.07, 6.45) is 0. The van der Waals surface area contributed by atoms with Crippen LogP contribution in [0.2, 0.25) is 0 Å². The highest BCUT2D eigenvalue weighted by molar-refractivity contribution is 6.07. The second kappa shape index (κ2) is 6.25. The number of carbonyl (C=O) groups excluding carboxylic acids is 3. The Morgan fingerprint density at radius 1 is 1.23 bits per heavy atom. The van der Waals surface area contributed by atoms with E-state index in [1.165, 1.54) is 32.2 Å². The molecular formula is C17H14F2N2O5. The molecule has 0 saturated carbocycles. The van der Waals surface area contributed by atoms with Crippen LogP contribution in [0.3, 0.4) is 0 Å². The Morgan fingerprint density at radius 2 is 1.96 bits per heavy atom. The second-order valence-electron chi connectivity index (χ2n) is 5.83. The van der Waals surface area contributed by atoms with Crippen molar-refractivity contribution in [2.45, 2.75) is 19.0 Å². The third-order valence-electron chi connectivity index (χ3n) is 4.13. The molecule has 1 saturated heterocycles. The lowest BCUT2D eigenvalue weighted by Gasteiger charge is -2.22. The van der Waals surface area contributed by atoms with Gasteiger partial charge in [-0.2, -0.15) is 0 Å². The Kier molecular flexibility index (Phi) is 4.23. The molecule has 0 spiro atoms. The van der Waals surface area contributed by atoms with E-state index in [9.17, 15) is 23.2 Å². The molecule has 1 aromatic heterocycles. The Labute approximate surface area is 146 Å². The number of hydrogen-bond donors (Lipinski definition) is 1. The van der Waals surface area contributed by atoms with Crippen molar-refractivity contribution in [1.29, 1.82) is 0 Å². The molecule has 26 heavy (non-hydrogen) atoms. The molecule has 0 aliphatic carbocycles. The normalized spacial score (nSPS) is 19.6. The fourth-order valence-electron chi connectivity index (χ4n) is 2.67. The first-order chi connectivity index (χ1) is 12.3. The van der Waals surface area contributed by atoms with Gasteiger partial charge in [-0.15, -0.1) is 0 Å². The summed E-state index contributed by atoms with van der Waals surface area (Å²) in [5, 5.41) is 2.47. The molecule has 1 atom stereocenters. The molecule has 136 valence electrons. The van der Waals surface area contributed by atoms with Gasteiger partial charge in [0.1, 0.15) is 11.3 Å². The molecule has 2 aromatic rings. The van der Waals surface area contributed by atoms with Crippen LogP contribution >= 0.6 is 0 Å². The number of furan rings is 1. The first-order valence-corrected chi connectivity index (χ1v) is 7.53. The number of nitrogens with zero attached hydrogens (tertiary/aromatic N) is 1. The van der Waals surface area contributed by atoms with E-state index < -0.39 is 35.1 Å². The average Bonchev–Trinajstić information content (AvgIpc) is 3.16. The van der Waals surface area contributed by atoms with Crippen LogP contribution in [0, 0.1) is 11.6 Å². The molecule has 7 nitrogen and oxygen atoms in total. The Hall–Kier alpha value is -3.23. The van der Waals surface area contributed by atoms with Crippen LogP contribution in [-0.4, -0.2) is 29.9 Å². The monoisotopic (exact) mass is 364 g/mol. The van der Waals surface area contributed by atoms with Crippen LogP contribution in [0.4, 0.5) is 13.6 Å². The maximum atomic E-state index is 13.5. The minimum atomic E-state index is -1.55. The quantitative estimate of drug-likeness (QED) is 0.664. The molecule has 1 N–H and O–H groups in total. The molecule has 1 unspecified atom stereocenters. The van der Waals surface area contributed by atoms with E-state index in [4.69, 9.17) is 4.42 Å². The summed E-state index contributed by atoms with van der Waals surface area (Å²) >= 11 is 0. The third-order valence-corrected chi connectivity index (χ3v) is 4.13. The molecule has 3 amide bonds. The van der Waals surface area contributed by atoms with Crippen LogP contribution < -0.4 is 5.32 Å². The van der Waals surface area contributed by atoms with E-state index in [1.807, 2.05) is 0 Å². The molecule has 3 rings (SSSR count). The molecule has 2 heterocycles. The number of rotatable bonds is 4. The third kappa shape index (κ3) is 2.81. The topological polar surface area (TPSA) is 88.9 Å². The second-order valence-corrected chi connectivity index (χ2v) is 5.83. The van der Waals surface area contributed by atoms with Crippen molar-refractivity contribution in [3.63, 3.8) is 0 Å². The van der Waals surface area contributed by atoms with Gasteiger partial charge in [-0.05, 0) is 36.8 Å². The number of methoxy groups -OCH3 is 1. The van der Waals surface area contributed by atoms with Crippen molar-refractivity contribution in [3.05, 3.63) is 59.1 Å². The average molecular weight is 364 g/mol. The van der Waals surface area contributed by atoms with E-state index >= 15 is 0 Å². The minimum absolute atomic E-state index is 0.0714. The van der Waals surface area contributed by atoms with Crippen LogP contribution in [-0.2, 0) is 21.6 Å². The van der Waals surface area contributed by atoms with Crippen molar-refractivity contribution >= 4 is 17.9 Å². The molecule has 1 aliphatic heterocycles. The number of ether oxygens (including phenoxy) is 1. The van der Waals surface area contributed by atoms with Crippen molar-refractivity contribution in [2.75, 3.05) is 7.11 Å². The fraction of sp³-hybridized carbons (Fsp3) is 0.235. The van der Waals surface area contributed by atoms with Crippen molar-refractivity contribution in [2.24, 2.45) is 0 Å². The molecular weight excluding hydrogens is 350 g/mol. The van der Waals surface area contributed by atoms with E-state index in [0.29, 0.717) is 0 Å².